The molecular formula is C26H26ClN3O2. The SMILES string of the molecule is O=C(c1ccc(Cl)cc1)N1CCC[C@H](C(=O)N2CC=C(c3c[nH]c4ccccc34)CC2)C1. The van der Waals surface area contributed by atoms with Gasteiger partial charge in [0.15, 0.2) is 0 Å². The van der Waals surface area contributed by atoms with E-state index in [1.165, 1.54) is 16.5 Å². The number of piperidine rings is 1. The van der Waals surface area contributed by atoms with Crippen LogP contribution in [-0.4, -0.2) is 52.8 Å². The Bertz CT molecular complexity index is 1180. The van der Waals surface area contributed by atoms with Gasteiger partial charge in [-0.3, -0.25) is 9.59 Å². The summed E-state index contributed by atoms with van der Waals surface area (Å²) >= 11 is 5.94. The number of nitrogens with one attached hydrogen (secondary N) is 1. The first-order chi connectivity index (χ1) is 15.6. The van der Waals surface area contributed by atoms with E-state index in [0.29, 0.717) is 36.8 Å². The van der Waals surface area contributed by atoms with Crippen LogP contribution in [-0.2, 0) is 4.79 Å². The molecule has 3 heterocycles. The molecule has 3 aromatic rings. The number of carbonyl (C=O) groups excluding carboxylic acids is 2. The van der Waals surface area contributed by atoms with Crippen LogP contribution in [0, 0.1) is 5.92 Å². The van der Waals surface area contributed by atoms with Gasteiger partial charge in [-0.05, 0) is 55.2 Å². The molecule has 0 aliphatic carbocycles. The van der Waals surface area contributed by atoms with Crippen molar-refractivity contribution in [3.63, 3.8) is 0 Å². The molecule has 1 atom stereocenters. The van der Waals surface area contributed by atoms with Gasteiger partial charge in [-0.25, -0.2) is 0 Å². The highest BCUT2D eigenvalue weighted by atomic mass is 35.5. The molecule has 2 aromatic carbocycles. The van der Waals surface area contributed by atoms with Crippen LogP contribution in [0.3, 0.4) is 0 Å². The lowest BCUT2D eigenvalue weighted by Gasteiger charge is -2.36. The Morgan fingerprint density at radius 2 is 1.81 bits per heavy atom. The number of H-pyrrole nitrogens is 1. The van der Waals surface area contributed by atoms with Crippen molar-refractivity contribution < 1.29 is 9.59 Å². The number of para-hydroxylation sites is 1. The molecule has 0 saturated carbocycles. The highest BCUT2D eigenvalue weighted by molar-refractivity contribution is 6.30. The molecule has 1 fully saturated rings. The summed E-state index contributed by atoms with van der Waals surface area (Å²) in [6, 6.07) is 15.3. The number of benzene rings is 2. The van der Waals surface area contributed by atoms with Crippen LogP contribution >= 0.6 is 11.6 Å². The summed E-state index contributed by atoms with van der Waals surface area (Å²) in [5.41, 5.74) is 4.26. The lowest BCUT2D eigenvalue weighted by molar-refractivity contribution is -0.136. The van der Waals surface area contributed by atoms with Gasteiger partial charge in [0.2, 0.25) is 5.91 Å². The van der Waals surface area contributed by atoms with Gasteiger partial charge >= 0.3 is 0 Å². The molecule has 1 N–H and O–H groups in total. The average molecular weight is 448 g/mol. The minimum atomic E-state index is -0.136. The number of fused-ring (bicyclic) bond motifs is 1. The maximum Gasteiger partial charge on any atom is 0.253 e. The number of carbonyl (C=O) groups is 2. The molecular weight excluding hydrogens is 422 g/mol. The number of amides is 2. The van der Waals surface area contributed by atoms with Crippen LogP contribution < -0.4 is 0 Å². The van der Waals surface area contributed by atoms with E-state index < -0.39 is 0 Å². The smallest absolute Gasteiger partial charge is 0.253 e. The van der Waals surface area contributed by atoms with Crippen molar-refractivity contribution in [3.8, 4) is 0 Å². The van der Waals surface area contributed by atoms with Crippen LogP contribution in [0.5, 0.6) is 0 Å². The third-order valence-electron chi connectivity index (χ3n) is 6.61. The Hall–Kier alpha value is -3.05. The molecule has 0 radical (unpaired) electrons. The van der Waals surface area contributed by atoms with E-state index in [0.717, 1.165) is 24.8 Å². The molecule has 5 nitrogen and oxygen atoms in total. The highest BCUT2D eigenvalue weighted by Crippen LogP contribution is 2.30. The first-order valence-electron chi connectivity index (χ1n) is 11.2. The molecule has 2 aliphatic rings. The van der Waals surface area contributed by atoms with E-state index in [2.05, 4.69) is 35.5 Å². The van der Waals surface area contributed by atoms with E-state index >= 15 is 0 Å². The van der Waals surface area contributed by atoms with Crippen molar-refractivity contribution in [3.05, 3.63) is 77.0 Å². The Morgan fingerprint density at radius 3 is 2.59 bits per heavy atom. The third-order valence-corrected chi connectivity index (χ3v) is 6.86. The van der Waals surface area contributed by atoms with Crippen LogP contribution in [0.2, 0.25) is 5.02 Å². The second-order valence-corrected chi connectivity index (χ2v) is 9.05. The topological polar surface area (TPSA) is 56.4 Å². The zero-order valence-corrected chi connectivity index (χ0v) is 18.6. The van der Waals surface area contributed by atoms with Gasteiger partial charge in [0.1, 0.15) is 0 Å². The summed E-state index contributed by atoms with van der Waals surface area (Å²) in [5, 5.41) is 1.83. The van der Waals surface area contributed by atoms with Crippen molar-refractivity contribution in [2.45, 2.75) is 19.3 Å². The largest absolute Gasteiger partial charge is 0.361 e. The number of aromatic nitrogens is 1. The number of halogens is 1. The number of likely N-dealkylation sites (tertiary alicyclic amines) is 1. The Balaban J connectivity index is 1.24. The third kappa shape index (κ3) is 4.05. The van der Waals surface area contributed by atoms with Crippen molar-refractivity contribution in [1.82, 2.24) is 14.8 Å². The summed E-state index contributed by atoms with van der Waals surface area (Å²) < 4.78 is 0. The minimum Gasteiger partial charge on any atom is -0.361 e. The Kier molecular flexibility index (Phi) is 5.75. The fourth-order valence-electron chi connectivity index (χ4n) is 4.85. The monoisotopic (exact) mass is 447 g/mol. The summed E-state index contributed by atoms with van der Waals surface area (Å²) in [6.45, 7) is 2.51. The fourth-order valence-corrected chi connectivity index (χ4v) is 4.97. The van der Waals surface area contributed by atoms with E-state index in [1.807, 2.05) is 15.9 Å². The van der Waals surface area contributed by atoms with Gasteiger partial charge in [0, 0.05) is 59.4 Å². The highest BCUT2D eigenvalue weighted by Gasteiger charge is 2.32. The van der Waals surface area contributed by atoms with Gasteiger partial charge in [-0.15, -0.1) is 0 Å². The predicted octanol–water partition coefficient (Wildman–Crippen LogP) is 4.99. The van der Waals surface area contributed by atoms with Gasteiger partial charge in [-0.2, -0.15) is 0 Å². The van der Waals surface area contributed by atoms with Crippen molar-refractivity contribution >= 4 is 39.9 Å². The quantitative estimate of drug-likeness (QED) is 0.615. The lowest BCUT2D eigenvalue weighted by Crippen LogP contribution is -2.47. The van der Waals surface area contributed by atoms with E-state index in [4.69, 9.17) is 11.6 Å². The van der Waals surface area contributed by atoms with Crippen molar-refractivity contribution in [2.75, 3.05) is 26.2 Å². The first kappa shape index (κ1) is 20.8. The van der Waals surface area contributed by atoms with Crippen LogP contribution in [0.15, 0.2) is 60.8 Å². The molecule has 1 saturated heterocycles. The summed E-state index contributed by atoms with van der Waals surface area (Å²) in [5.74, 6) is -0.00444. The maximum atomic E-state index is 13.2. The number of hydrogen-bond donors (Lipinski definition) is 1. The van der Waals surface area contributed by atoms with Gasteiger partial charge in [0.25, 0.3) is 5.91 Å². The molecule has 2 amide bonds. The number of hydrogen-bond acceptors (Lipinski definition) is 2. The van der Waals surface area contributed by atoms with Gasteiger partial charge in [-0.1, -0.05) is 35.9 Å². The standard InChI is InChI=1S/C26H26ClN3O2/c27-21-9-7-19(8-10-21)25(31)30-13-3-4-20(17-30)26(32)29-14-11-18(12-15-29)23-16-28-24-6-2-1-5-22(23)24/h1-2,5-11,16,20,28H,3-4,12-15,17H2/t20-/m0/s1. The number of aromatic amines is 1. The lowest BCUT2D eigenvalue weighted by atomic mass is 9.94. The van der Waals surface area contributed by atoms with Crippen LogP contribution in [0.4, 0.5) is 0 Å². The average Bonchev–Trinajstić information content (AvgIpc) is 3.28. The van der Waals surface area contributed by atoms with Crippen molar-refractivity contribution in [2.24, 2.45) is 5.92 Å². The number of rotatable bonds is 3. The molecule has 32 heavy (non-hydrogen) atoms. The Morgan fingerprint density at radius 1 is 1.00 bits per heavy atom. The zero-order chi connectivity index (χ0) is 22.1. The normalized spacial score (nSPS) is 19.2. The zero-order valence-electron chi connectivity index (χ0n) is 17.9. The van der Waals surface area contributed by atoms with E-state index in [-0.39, 0.29) is 17.7 Å². The minimum absolute atomic E-state index is 0.0284. The second kappa shape index (κ2) is 8.83. The summed E-state index contributed by atoms with van der Waals surface area (Å²) in [7, 11) is 0. The molecule has 0 spiro atoms. The van der Waals surface area contributed by atoms with Gasteiger partial charge in [0.05, 0.1) is 5.92 Å². The summed E-state index contributed by atoms with van der Waals surface area (Å²) in [4.78, 5) is 33.2. The van der Waals surface area contributed by atoms with Crippen LogP contribution in [0.25, 0.3) is 16.5 Å². The van der Waals surface area contributed by atoms with E-state index in [1.54, 1.807) is 24.3 Å². The number of nitrogens with zero attached hydrogens (tertiary/aromatic N) is 2. The Labute approximate surface area is 192 Å². The van der Waals surface area contributed by atoms with Crippen molar-refractivity contribution in [1.29, 1.82) is 0 Å². The molecule has 0 unspecified atom stereocenters. The molecule has 2 aliphatic heterocycles. The summed E-state index contributed by atoms with van der Waals surface area (Å²) in [6.07, 6.45) is 6.76. The maximum absolute atomic E-state index is 13.2. The molecule has 6 heteroatoms. The fraction of sp³-hybridized carbons (Fsp3) is 0.308. The predicted molar refractivity (Wildman–Crippen MR) is 128 cm³/mol. The molecule has 164 valence electrons. The first-order valence-corrected chi connectivity index (χ1v) is 11.6. The van der Waals surface area contributed by atoms with Gasteiger partial charge < -0.3 is 14.8 Å². The molecule has 1 aromatic heterocycles. The molecule has 0 bridgehead atoms. The molecule has 5 rings (SSSR count). The van der Waals surface area contributed by atoms with E-state index in [9.17, 15) is 9.59 Å². The second-order valence-electron chi connectivity index (χ2n) is 8.61. The van der Waals surface area contributed by atoms with Crippen LogP contribution in [0.1, 0.15) is 35.2 Å².